The van der Waals surface area contributed by atoms with Crippen molar-refractivity contribution < 1.29 is 18.3 Å². The molecule has 18 heavy (non-hydrogen) atoms. The number of halogens is 3. The van der Waals surface area contributed by atoms with Gasteiger partial charge in [-0.15, -0.1) is 0 Å². The smallest absolute Gasteiger partial charge is 0.393 e. The van der Waals surface area contributed by atoms with E-state index in [1.807, 2.05) is 0 Å². The lowest BCUT2D eigenvalue weighted by molar-refractivity contribution is -0.137. The zero-order valence-corrected chi connectivity index (χ0v) is 9.87. The van der Waals surface area contributed by atoms with E-state index in [0.717, 1.165) is 24.2 Å². The molecule has 2 N–H and O–H groups in total. The lowest BCUT2D eigenvalue weighted by Gasteiger charge is -2.28. The van der Waals surface area contributed by atoms with Crippen molar-refractivity contribution in [2.24, 2.45) is 5.92 Å². The van der Waals surface area contributed by atoms with Crippen molar-refractivity contribution in [2.75, 3.05) is 13.1 Å². The van der Waals surface area contributed by atoms with E-state index in [2.05, 4.69) is 5.32 Å². The number of aliphatic hydroxyl groups excluding tert-OH is 1. The molecule has 2 unspecified atom stereocenters. The summed E-state index contributed by atoms with van der Waals surface area (Å²) in [4.78, 5) is 0. The quantitative estimate of drug-likeness (QED) is 0.853. The highest BCUT2D eigenvalue weighted by atomic mass is 19.4. The lowest BCUT2D eigenvalue weighted by Crippen LogP contribution is -2.40. The van der Waals surface area contributed by atoms with Crippen LogP contribution in [0.15, 0.2) is 24.3 Å². The molecule has 0 aliphatic carbocycles. The monoisotopic (exact) mass is 259 g/mol. The zero-order valence-electron chi connectivity index (χ0n) is 9.87. The minimum Gasteiger partial charge on any atom is -0.393 e. The van der Waals surface area contributed by atoms with Gasteiger partial charge < -0.3 is 10.4 Å². The molecule has 2 rings (SSSR count). The van der Waals surface area contributed by atoms with Gasteiger partial charge in [0.15, 0.2) is 0 Å². The molecular formula is C13H16F3NO. The highest BCUT2D eigenvalue weighted by Crippen LogP contribution is 2.29. The van der Waals surface area contributed by atoms with Crippen molar-refractivity contribution >= 4 is 0 Å². The van der Waals surface area contributed by atoms with Gasteiger partial charge in [-0.05, 0) is 37.1 Å². The summed E-state index contributed by atoms with van der Waals surface area (Å²) in [6.45, 7) is 1.51. The van der Waals surface area contributed by atoms with E-state index in [0.29, 0.717) is 19.4 Å². The molecule has 2 atom stereocenters. The van der Waals surface area contributed by atoms with Crippen LogP contribution in [-0.2, 0) is 12.6 Å². The van der Waals surface area contributed by atoms with Gasteiger partial charge >= 0.3 is 6.18 Å². The first-order valence-corrected chi connectivity index (χ1v) is 6.02. The molecule has 100 valence electrons. The van der Waals surface area contributed by atoms with Gasteiger partial charge in [-0.2, -0.15) is 13.2 Å². The largest absolute Gasteiger partial charge is 0.416 e. The predicted octanol–water partition coefficient (Wildman–Crippen LogP) is 2.22. The lowest BCUT2D eigenvalue weighted by atomic mass is 9.89. The van der Waals surface area contributed by atoms with Crippen LogP contribution in [0.4, 0.5) is 13.2 Å². The maximum Gasteiger partial charge on any atom is 0.416 e. The Morgan fingerprint density at radius 3 is 2.44 bits per heavy atom. The first-order valence-electron chi connectivity index (χ1n) is 6.02. The Morgan fingerprint density at radius 2 is 1.89 bits per heavy atom. The van der Waals surface area contributed by atoms with E-state index in [1.165, 1.54) is 12.1 Å². The zero-order chi connectivity index (χ0) is 13.2. The average molecular weight is 259 g/mol. The fourth-order valence-electron chi connectivity index (χ4n) is 2.25. The van der Waals surface area contributed by atoms with Gasteiger partial charge in [0, 0.05) is 12.5 Å². The number of benzene rings is 1. The summed E-state index contributed by atoms with van der Waals surface area (Å²) < 4.78 is 37.2. The Balaban J connectivity index is 2.02. The summed E-state index contributed by atoms with van der Waals surface area (Å²) in [5.74, 6) is 0.0792. The number of hydrogen-bond acceptors (Lipinski definition) is 2. The number of alkyl halides is 3. The van der Waals surface area contributed by atoms with Gasteiger partial charge in [-0.3, -0.25) is 0 Å². The summed E-state index contributed by atoms with van der Waals surface area (Å²) in [5.41, 5.74) is 0.198. The molecule has 1 aliphatic heterocycles. The summed E-state index contributed by atoms with van der Waals surface area (Å²) in [7, 11) is 0. The third kappa shape index (κ3) is 3.23. The van der Waals surface area contributed by atoms with E-state index in [1.54, 1.807) is 0 Å². The van der Waals surface area contributed by atoms with Crippen molar-refractivity contribution in [2.45, 2.75) is 25.1 Å². The second-order valence-corrected chi connectivity index (χ2v) is 4.72. The predicted molar refractivity (Wildman–Crippen MR) is 62.1 cm³/mol. The summed E-state index contributed by atoms with van der Waals surface area (Å²) >= 11 is 0. The molecule has 1 fully saturated rings. The molecule has 0 amide bonds. The van der Waals surface area contributed by atoms with Gasteiger partial charge in [0.1, 0.15) is 0 Å². The van der Waals surface area contributed by atoms with Crippen LogP contribution in [-0.4, -0.2) is 24.3 Å². The Morgan fingerprint density at radius 1 is 1.22 bits per heavy atom. The molecule has 1 aliphatic rings. The van der Waals surface area contributed by atoms with Crippen LogP contribution in [0.5, 0.6) is 0 Å². The second kappa shape index (κ2) is 5.28. The molecule has 1 aromatic rings. The van der Waals surface area contributed by atoms with Crippen molar-refractivity contribution in [3.05, 3.63) is 35.4 Å². The van der Waals surface area contributed by atoms with Crippen LogP contribution in [0.1, 0.15) is 17.5 Å². The molecule has 0 aromatic heterocycles. The van der Waals surface area contributed by atoms with Crippen LogP contribution in [0.2, 0.25) is 0 Å². The normalized spacial score (nSPS) is 25.1. The first-order chi connectivity index (χ1) is 8.47. The van der Waals surface area contributed by atoms with Crippen molar-refractivity contribution in [1.29, 1.82) is 0 Å². The molecule has 2 nitrogen and oxygen atoms in total. The number of piperidine rings is 1. The minimum absolute atomic E-state index is 0.0792. The minimum atomic E-state index is -4.29. The van der Waals surface area contributed by atoms with Gasteiger partial charge in [0.25, 0.3) is 0 Å². The molecule has 0 bridgehead atoms. The van der Waals surface area contributed by atoms with Gasteiger partial charge in [0.2, 0.25) is 0 Å². The van der Waals surface area contributed by atoms with Crippen molar-refractivity contribution in [1.82, 2.24) is 5.32 Å². The Labute approximate surface area is 104 Å². The van der Waals surface area contributed by atoms with E-state index >= 15 is 0 Å². The molecule has 0 saturated carbocycles. The molecule has 0 spiro atoms. The Hall–Kier alpha value is -1.07. The molecule has 1 heterocycles. The Bertz CT molecular complexity index is 388. The third-order valence-corrected chi connectivity index (χ3v) is 3.35. The van der Waals surface area contributed by atoms with Crippen LogP contribution in [0, 0.1) is 5.92 Å². The number of rotatable bonds is 2. The van der Waals surface area contributed by atoms with E-state index < -0.39 is 11.7 Å². The fourth-order valence-corrected chi connectivity index (χ4v) is 2.25. The first kappa shape index (κ1) is 13.4. The molecular weight excluding hydrogens is 243 g/mol. The Kier molecular flexibility index (Phi) is 3.92. The van der Waals surface area contributed by atoms with Crippen LogP contribution >= 0.6 is 0 Å². The van der Waals surface area contributed by atoms with E-state index in [4.69, 9.17) is 0 Å². The van der Waals surface area contributed by atoms with Crippen LogP contribution < -0.4 is 5.32 Å². The number of hydrogen-bond donors (Lipinski definition) is 2. The SMILES string of the molecule is OC1CCNCC1Cc1ccc(C(F)(F)F)cc1. The fraction of sp³-hybridized carbons (Fsp3) is 0.538. The topological polar surface area (TPSA) is 32.3 Å². The van der Waals surface area contributed by atoms with Crippen molar-refractivity contribution in [3.63, 3.8) is 0 Å². The standard InChI is InChI=1S/C13H16F3NO/c14-13(15,16)11-3-1-9(2-4-11)7-10-8-17-6-5-12(10)18/h1-4,10,12,17-18H,5-8H2. The third-order valence-electron chi connectivity index (χ3n) is 3.35. The molecule has 5 heteroatoms. The number of nitrogens with one attached hydrogen (secondary N) is 1. The van der Waals surface area contributed by atoms with Crippen molar-refractivity contribution in [3.8, 4) is 0 Å². The maximum atomic E-state index is 12.4. The summed E-state index contributed by atoms with van der Waals surface area (Å²) in [6.07, 6.45) is -3.35. The van der Waals surface area contributed by atoms with Crippen LogP contribution in [0.3, 0.4) is 0 Å². The van der Waals surface area contributed by atoms with Crippen LogP contribution in [0.25, 0.3) is 0 Å². The summed E-state index contributed by atoms with van der Waals surface area (Å²) in [5, 5.41) is 13.0. The molecule has 0 radical (unpaired) electrons. The highest BCUT2D eigenvalue weighted by Gasteiger charge is 2.30. The molecule has 1 aromatic carbocycles. The van der Waals surface area contributed by atoms with E-state index in [-0.39, 0.29) is 12.0 Å². The van der Waals surface area contributed by atoms with Gasteiger partial charge in [-0.25, -0.2) is 0 Å². The number of aliphatic hydroxyl groups is 1. The second-order valence-electron chi connectivity index (χ2n) is 4.72. The maximum absolute atomic E-state index is 12.4. The molecule has 1 saturated heterocycles. The van der Waals surface area contributed by atoms with Gasteiger partial charge in [-0.1, -0.05) is 12.1 Å². The van der Waals surface area contributed by atoms with Gasteiger partial charge in [0.05, 0.1) is 11.7 Å². The van der Waals surface area contributed by atoms with E-state index in [9.17, 15) is 18.3 Å². The summed E-state index contributed by atoms with van der Waals surface area (Å²) in [6, 6.07) is 5.17. The average Bonchev–Trinajstić information content (AvgIpc) is 2.32. The highest BCUT2D eigenvalue weighted by molar-refractivity contribution is 5.25.